The van der Waals surface area contributed by atoms with E-state index in [-0.39, 0.29) is 17.8 Å². The number of fused-ring (bicyclic) bond motifs is 1. The number of hydrogen-bond acceptors (Lipinski definition) is 4. The van der Waals surface area contributed by atoms with Gasteiger partial charge in [-0.15, -0.1) is 0 Å². The van der Waals surface area contributed by atoms with Crippen LogP contribution in [0.15, 0.2) is 18.3 Å². The maximum absolute atomic E-state index is 12.9. The lowest BCUT2D eigenvalue weighted by atomic mass is 9.84. The number of likely N-dealkylation sites (tertiary alicyclic amines) is 1. The molecule has 1 aliphatic carbocycles. The van der Waals surface area contributed by atoms with E-state index < -0.39 is 12.0 Å². The molecular weight excluding hydrogens is 284 g/mol. The summed E-state index contributed by atoms with van der Waals surface area (Å²) in [6.45, 7) is 0. The summed E-state index contributed by atoms with van der Waals surface area (Å²) in [5, 5.41) is 9.51. The van der Waals surface area contributed by atoms with Gasteiger partial charge in [0.15, 0.2) is 0 Å². The van der Waals surface area contributed by atoms with Crippen LogP contribution in [0.5, 0.6) is 5.88 Å². The van der Waals surface area contributed by atoms with E-state index in [1.165, 1.54) is 7.11 Å². The molecule has 0 unspecified atom stereocenters. The fourth-order valence-electron chi connectivity index (χ4n) is 3.83. The molecule has 2 aliphatic rings. The number of carboxylic acid groups (broad SMARTS) is 1. The second kappa shape index (κ2) is 5.94. The number of methoxy groups -OCH3 is 1. The Balaban J connectivity index is 1.95. The number of carbonyl (C=O) groups is 2. The number of rotatable bonds is 3. The van der Waals surface area contributed by atoms with E-state index in [0.717, 1.165) is 25.7 Å². The lowest BCUT2D eigenvalue weighted by Gasteiger charge is -2.33. The number of amides is 1. The third kappa shape index (κ3) is 2.42. The van der Waals surface area contributed by atoms with E-state index in [1.54, 1.807) is 23.2 Å². The molecule has 1 aromatic rings. The molecule has 1 amide bonds. The Labute approximate surface area is 129 Å². The maximum Gasteiger partial charge on any atom is 0.326 e. The molecule has 0 spiro atoms. The molecule has 1 aliphatic heterocycles. The van der Waals surface area contributed by atoms with E-state index in [2.05, 4.69) is 4.98 Å². The van der Waals surface area contributed by atoms with Crippen molar-refractivity contribution in [2.75, 3.05) is 7.11 Å². The van der Waals surface area contributed by atoms with E-state index in [4.69, 9.17) is 4.74 Å². The quantitative estimate of drug-likeness (QED) is 0.923. The average Bonchev–Trinajstić information content (AvgIpc) is 2.94. The Morgan fingerprint density at radius 1 is 1.36 bits per heavy atom. The smallest absolute Gasteiger partial charge is 0.326 e. The highest BCUT2D eigenvalue weighted by molar-refractivity contribution is 5.99. The molecule has 3 rings (SSSR count). The van der Waals surface area contributed by atoms with Gasteiger partial charge in [-0.3, -0.25) is 4.79 Å². The molecule has 6 heteroatoms. The Bertz CT molecular complexity index is 589. The van der Waals surface area contributed by atoms with Crippen molar-refractivity contribution in [3.05, 3.63) is 23.9 Å². The van der Waals surface area contributed by atoms with Gasteiger partial charge in [0.25, 0.3) is 5.91 Å². The van der Waals surface area contributed by atoms with Crippen LogP contribution in [0, 0.1) is 5.92 Å². The predicted octanol–water partition coefficient (Wildman–Crippen LogP) is 1.95. The van der Waals surface area contributed by atoms with Gasteiger partial charge >= 0.3 is 5.97 Å². The highest BCUT2D eigenvalue weighted by Crippen LogP contribution is 2.41. The fourth-order valence-corrected chi connectivity index (χ4v) is 3.83. The third-order valence-corrected chi connectivity index (χ3v) is 4.80. The second-order valence-corrected chi connectivity index (χ2v) is 5.97. The molecule has 2 fully saturated rings. The van der Waals surface area contributed by atoms with Crippen LogP contribution in [0.4, 0.5) is 0 Å². The summed E-state index contributed by atoms with van der Waals surface area (Å²) in [5.74, 6) is -0.672. The molecule has 1 N–H and O–H groups in total. The van der Waals surface area contributed by atoms with E-state index in [1.807, 2.05) is 0 Å². The summed E-state index contributed by atoms with van der Waals surface area (Å²) < 4.78 is 5.15. The van der Waals surface area contributed by atoms with Crippen molar-refractivity contribution in [2.45, 2.75) is 44.2 Å². The Morgan fingerprint density at radius 3 is 2.86 bits per heavy atom. The van der Waals surface area contributed by atoms with Gasteiger partial charge in [0.2, 0.25) is 5.88 Å². The van der Waals surface area contributed by atoms with Crippen molar-refractivity contribution >= 4 is 11.9 Å². The SMILES string of the molecule is COc1ncccc1C(=O)N1[C@@H]2CCCC[C@@H]2C[C@H]1C(=O)O. The van der Waals surface area contributed by atoms with Crippen molar-refractivity contribution in [1.29, 1.82) is 0 Å². The number of ether oxygens (including phenoxy) is 1. The van der Waals surface area contributed by atoms with Crippen molar-refractivity contribution in [3.63, 3.8) is 0 Å². The highest BCUT2D eigenvalue weighted by Gasteiger charge is 2.48. The van der Waals surface area contributed by atoms with Gasteiger partial charge in [0.1, 0.15) is 11.6 Å². The van der Waals surface area contributed by atoms with Crippen LogP contribution in [0.25, 0.3) is 0 Å². The molecule has 3 atom stereocenters. The zero-order valence-corrected chi connectivity index (χ0v) is 12.6. The summed E-state index contributed by atoms with van der Waals surface area (Å²) in [4.78, 5) is 30.2. The fraction of sp³-hybridized carbons (Fsp3) is 0.562. The average molecular weight is 304 g/mol. The number of hydrogen-bond donors (Lipinski definition) is 1. The van der Waals surface area contributed by atoms with Crippen molar-refractivity contribution in [2.24, 2.45) is 5.92 Å². The van der Waals surface area contributed by atoms with Gasteiger partial charge in [-0.2, -0.15) is 0 Å². The van der Waals surface area contributed by atoms with Gasteiger partial charge in [-0.1, -0.05) is 12.8 Å². The Hall–Kier alpha value is -2.11. The van der Waals surface area contributed by atoms with Crippen molar-refractivity contribution < 1.29 is 19.4 Å². The minimum Gasteiger partial charge on any atom is -0.480 e. The molecular formula is C16H20N2O4. The summed E-state index contributed by atoms with van der Waals surface area (Å²) >= 11 is 0. The maximum atomic E-state index is 12.9. The molecule has 1 aromatic heterocycles. The normalized spacial score (nSPS) is 27.3. The number of carboxylic acids is 1. The van der Waals surface area contributed by atoms with Crippen molar-refractivity contribution in [3.8, 4) is 5.88 Å². The number of aromatic nitrogens is 1. The Kier molecular flexibility index (Phi) is 4.00. The summed E-state index contributed by atoms with van der Waals surface area (Å²) in [5.41, 5.74) is 0.336. The first kappa shape index (κ1) is 14.8. The van der Waals surface area contributed by atoms with Crippen LogP contribution in [-0.4, -0.2) is 46.1 Å². The second-order valence-electron chi connectivity index (χ2n) is 5.97. The van der Waals surface area contributed by atoms with Crippen LogP contribution in [0.3, 0.4) is 0 Å². The molecule has 2 heterocycles. The molecule has 0 aromatic carbocycles. The number of pyridine rings is 1. The largest absolute Gasteiger partial charge is 0.480 e. The minimum absolute atomic E-state index is 0.0206. The molecule has 6 nitrogen and oxygen atoms in total. The Morgan fingerprint density at radius 2 is 2.14 bits per heavy atom. The van der Waals surface area contributed by atoms with Gasteiger partial charge in [-0.25, -0.2) is 9.78 Å². The molecule has 1 saturated heterocycles. The van der Waals surface area contributed by atoms with E-state index in [9.17, 15) is 14.7 Å². The third-order valence-electron chi connectivity index (χ3n) is 4.80. The summed E-state index contributed by atoms with van der Waals surface area (Å²) in [6.07, 6.45) is 6.14. The first-order valence-electron chi connectivity index (χ1n) is 7.68. The summed E-state index contributed by atoms with van der Waals surface area (Å²) in [7, 11) is 1.46. The van der Waals surface area contributed by atoms with Crippen LogP contribution in [0.2, 0.25) is 0 Å². The lowest BCUT2D eigenvalue weighted by Crippen LogP contribution is -2.46. The summed E-state index contributed by atoms with van der Waals surface area (Å²) in [6, 6.07) is 2.58. The molecule has 118 valence electrons. The van der Waals surface area contributed by atoms with Crippen LogP contribution in [-0.2, 0) is 4.79 Å². The van der Waals surface area contributed by atoms with E-state index >= 15 is 0 Å². The topological polar surface area (TPSA) is 79.7 Å². The first-order valence-corrected chi connectivity index (χ1v) is 7.68. The van der Waals surface area contributed by atoms with E-state index in [0.29, 0.717) is 17.9 Å². The molecule has 0 bridgehead atoms. The number of carbonyl (C=O) groups excluding carboxylic acids is 1. The van der Waals surface area contributed by atoms with Gasteiger partial charge in [0, 0.05) is 12.2 Å². The zero-order chi connectivity index (χ0) is 15.7. The number of aliphatic carboxylic acids is 1. The predicted molar refractivity (Wildman–Crippen MR) is 78.7 cm³/mol. The van der Waals surface area contributed by atoms with Gasteiger partial charge in [-0.05, 0) is 37.3 Å². The highest BCUT2D eigenvalue weighted by atomic mass is 16.5. The van der Waals surface area contributed by atoms with Crippen LogP contribution < -0.4 is 4.74 Å². The van der Waals surface area contributed by atoms with Gasteiger partial charge in [0.05, 0.1) is 7.11 Å². The zero-order valence-electron chi connectivity index (χ0n) is 12.6. The van der Waals surface area contributed by atoms with Crippen molar-refractivity contribution in [1.82, 2.24) is 9.88 Å². The van der Waals surface area contributed by atoms with Gasteiger partial charge < -0.3 is 14.7 Å². The first-order chi connectivity index (χ1) is 10.6. The van der Waals surface area contributed by atoms with Crippen LogP contribution >= 0.6 is 0 Å². The standard InChI is InChI=1S/C16H20N2O4/c1-22-14-11(6-4-8-17-14)15(19)18-12-7-3-2-5-10(12)9-13(18)16(20)21/h4,6,8,10,12-13H,2-3,5,7,9H2,1H3,(H,20,21)/t10-,12-,13+/m1/s1. The minimum atomic E-state index is -0.925. The molecule has 22 heavy (non-hydrogen) atoms. The molecule has 0 radical (unpaired) electrons. The van der Waals surface area contributed by atoms with Crippen LogP contribution in [0.1, 0.15) is 42.5 Å². The number of nitrogens with zero attached hydrogens (tertiary/aromatic N) is 2. The lowest BCUT2D eigenvalue weighted by molar-refractivity contribution is -0.141. The monoisotopic (exact) mass is 304 g/mol. The molecule has 1 saturated carbocycles.